The lowest BCUT2D eigenvalue weighted by molar-refractivity contribution is -0.134. The van der Waals surface area contributed by atoms with E-state index in [1.807, 2.05) is 38.1 Å². The van der Waals surface area contributed by atoms with E-state index in [2.05, 4.69) is 33.2 Å². The monoisotopic (exact) mass is 463 g/mol. The van der Waals surface area contributed by atoms with Crippen molar-refractivity contribution in [2.24, 2.45) is 0 Å². The molecule has 7 heteroatoms. The number of rotatable bonds is 2. The van der Waals surface area contributed by atoms with Gasteiger partial charge in [-0.05, 0) is 72.3 Å². The molecule has 0 bridgehead atoms. The Hall–Kier alpha value is -2.42. The summed E-state index contributed by atoms with van der Waals surface area (Å²) in [5.74, 6) is -1.17. The van der Waals surface area contributed by atoms with Gasteiger partial charge in [-0.15, -0.1) is 0 Å². The number of carbonyl (C=O) groups is 3. The summed E-state index contributed by atoms with van der Waals surface area (Å²) in [4.78, 5) is 38.6. The molecule has 26 heavy (non-hydrogen) atoms. The molecule has 1 aliphatic heterocycles. The van der Waals surface area contributed by atoms with Crippen LogP contribution in [0.4, 0.5) is 4.79 Å². The van der Waals surface area contributed by atoms with Crippen molar-refractivity contribution in [3.8, 4) is 5.69 Å². The van der Waals surface area contributed by atoms with Gasteiger partial charge in [-0.1, -0.05) is 6.07 Å². The Morgan fingerprint density at radius 3 is 2.15 bits per heavy atom. The van der Waals surface area contributed by atoms with Crippen molar-refractivity contribution in [1.29, 1.82) is 0 Å². The SMILES string of the molecule is Cc1cc(C=C2C(=O)N(C)C(=O)N(C)C2=O)c(C)n1-c1cccc(I)c1. The minimum atomic E-state index is -0.624. The Balaban J connectivity index is 2.10. The van der Waals surface area contributed by atoms with Crippen LogP contribution in [0.1, 0.15) is 17.0 Å². The third kappa shape index (κ3) is 2.96. The van der Waals surface area contributed by atoms with Crippen molar-refractivity contribution in [3.05, 3.63) is 56.4 Å². The molecule has 0 unspecified atom stereocenters. The van der Waals surface area contributed by atoms with Crippen LogP contribution < -0.4 is 0 Å². The first kappa shape index (κ1) is 18.4. The molecule has 0 spiro atoms. The first-order chi connectivity index (χ1) is 12.2. The van der Waals surface area contributed by atoms with Crippen LogP contribution >= 0.6 is 22.6 Å². The van der Waals surface area contributed by atoms with Gasteiger partial charge >= 0.3 is 6.03 Å². The lowest BCUT2D eigenvalue weighted by Crippen LogP contribution is -2.52. The second-order valence-electron chi connectivity index (χ2n) is 6.21. The van der Waals surface area contributed by atoms with Crippen LogP contribution in [0.3, 0.4) is 0 Å². The van der Waals surface area contributed by atoms with Gasteiger partial charge in [0.1, 0.15) is 5.57 Å². The molecule has 0 saturated carbocycles. The Morgan fingerprint density at radius 1 is 0.962 bits per heavy atom. The van der Waals surface area contributed by atoms with E-state index in [0.29, 0.717) is 0 Å². The van der Waals surface area contributed by atoms with E-state index < -0.39 is 17.8 Å². The fourth-order valence-corrected chi connectivity index (χ4v) is 3.60. The zero-order valence-electron chi connectivity index (χ0n) is 14.9. The molecule has 0 atom stereocenters. The number of benzene rings is 1. The van der Waals surface area contributed by atoms with Crippen molar-refractivity contribution in [2.75, 3.05) is 14.1 Å². The maximum Gasteiger partial charge on any atom is 0.333 e. The van der Waals surface area contributed by atoms with Crippen molar-refractivity contribution in [1.82, 2.24) is 14.4 Å². The number of urea groups is 1. The molecule has 134 valence electrons. The number of imide groups is 2. The molecule has 2 aromatic rings. The summed E-state index contributed by atoms with van der Waals surface area (Å²) in [6.07, 6.45) is 1.57. The maximum atomic E-state index is 12.4. The normalized spacial score (nSPS) is 15.1. The van der Waals surface area contributed by atoms with Crippen molar-refractivity contribution in [2.45, 2.75) is 13.8 Å². The summed E-state index contributed by atoms with van der Waals surface area (Å²) in [5.41, 5.74) is 3.68. The number of likely N-dealkylation sites (N-methyl/N-ethyl adjacent to an activating group) is 2. The fraction of sp³-hybridized carbons (Fsp3) is 0.211. The summed E-state index contributed by atoms with van der Waals surface area (Å²) in [6, 6.07) is 9.38. The highest BCUT2D eigenvalue weighted by Gasteiger charge is 2.37. The average molecular weight is 463 g/mol. The average Bonchev–Trinajstić information content (AvgIpc) is 2.88. The summed E-state index contributed by atoms with van der Waals surface area (Å²) in [6.45, 7) is 3.91. The molecular weight excluding hydrogens is 445 g/mol. The molecule has 1 saturated heterocycles. The number of hydrogen-bond acceptors (Lipinski definition) is 3. The van der Waals surface area contributed by atoms with Gasteiger partial charge in [0.05, 0.1) is 0 Å². The van der Waals surface area contributed by atoms with Crippen LogP contribution in [0.5, 0.6) is 0 Å². The van der Waals surface area contributed by atoms with Gasteiger partial charge < -0.3 is 4.57 Å². The molecule has 0 N–H and O–H groups in total. The molecular formula is C19H18IN3O3. The number of nitrogens with zero attached hydrogens (tertiary/aromatic N) is 3. The highest BCUT2D eigenvalue weighted by Crippen LogP contribution is 2.25. The van der Waals surface area contributed by atoms with Gasteiger partial charge in [-0.2, -0.15) is 0 Å². The number of aryl methyl sites for hydroxylation is 1. The van der Waals surface area contributed by atoms with E-state index in [9.17, 15) is 14.4 Å². The number of hydrogen-bond donors (Lipinski definition) is 0. The summed E-state index contributed by atoms with van der Waals surface area (Å²) >= 11 is 2.26. The number of carbonyl (C=O) groups excluding carboxylic acids is 3. The molecule has 4 amide bonds. The van der Waals surface area contributed by atoms with Crippen molar-refractivity contribution in [3.63, 3.8) is 0 Å². The van der Waals surface area contributed by atoms with Gasteiger partial charge in [0, 0.05) is 34.7 Å². The van der Waals surface area contributed by atoms with Gasteiger partial charge in [-0.25, -0.2) is 4.79 Å². The van der Waals surface area contributed by atoms with Gasteiger partial charge in [0.15, 0.2) is 0 Å². The third-order valence-electron chi connectivity index (χ3n) is 4.48. The summed E-state index contributed by atoms with van der Waals surface area (Å²) in [5, 5.41) is 0. The topological polar surface area (TPSA) is 62.6 Å². The fourth-order valence-electron chi connectivity index (χ4n) is 3.08. The van der Waals surface area contributed by atoms with Crippen LogP contribution in [0.2, 0.25) is 0 Å². The first-order valence-corrected chi connectivity index (χ1v) is 9.07. The number of aromatic nitrogens is 1. The van der Waals surface area contributed by atoms with Crippen molar-refractivity contribution < 1.29 is 14.4 Å². The smallest absolute Gasteiger partial charge is 0.318 e. The molecule has 3 rings (SSSR count). The molecule has 0 aliphatic carbocycles. The highest BCUT2D eigenvalue weighted by atomic mass is 127. The molecule has 1 fully saturated rings. The van der Waals surface area contributed by atoms with Gasteiger partial charge in [-0.3, -0.25) is 19.4 Å². The lowest BCUT2D eigenvalue weighted by Gasteiger charge is -2.28. The Morgan fingerprint density at radius 2 is 1.58 bits per heavy atom. The standard InChI is InChI=1S/C19H18IN3O3/c1-11-8-13(12(2)23(11)15-7-5-6-14(20)10-15)9-16-17(24)21(3)19(26)22(4)18(16)25/h5-10H,1-4H3. The van der Waals surface area contributed by atoms with Crippen LogP contribution in [-0.2, 0) is 9.59 Å². The summed E-state index contributed by atoms with van der Waals surface area (Å²) in [7, 11) is 2.74. The molecule has 2 heterocycles. The largest absolute Gasteiger partial charge is 0.333 e. The quantitative estimate of drug-likeness (QED) is 0.391. The number of halogens is 1. The minimum Gasteiger partial charge on any atom is -0.318 e. The van der Waals surface area contributed by atoms with Crippen LogP contribution in [0, 0.1) is 17.4 Å². The first-order valence-electron chi connectivity index (χ1n) is 7.99. The Bertz CT molecular complexity index is 948. The lowest BCUT2D eigenvalue weighted by atomic mass is 10.1. The van der Waals surface area contributed by atoms with Gasteiger partial charge in [0.25, 0.3) is 11.8 Å². The maximum absolute atomic E-state index is 12.4. The Labute approximate surface area is 165 Å². The molecule has 1 aromatic heterocycles. The van der Waals surface area contributed by atoms with E-state index in [-0.39, 0.29) is 5.57 Å². The summed E-state index contributed by atoms with van der Waals surface area (Å²) < 4.78 is 3.19. The Kier molecular flexibility index (Phi) is 4.74. The zero-order valence-corrected chi connectivity index (χ0v) is 17.1. The second-order valence-corrected chi connectivity index (χ2v) is 7.46. The van der Waals surface area contributed by atoms with Crippen LogP contribution in [0.15, 0.2) is 35.9 Å². The third-order valence-corrected chi connectivity index (χ3v) is 5.15. The molecule has 1 aliphatic rings. The highest BCUT2D eigenvalue weighted by molar-refractivity contribution is 14.1. The van der Waals surface area contributed by atoms with Crippen molar-refractivity contribution >= 4 is 46.5 Å². The van der Waals surface area contributed by atoms with E-state index >= 15 is 0 Å². The van der Waals surface area contributed by atoms with E-state index in [0.717, 1.165) is 36.0 Å². The molecule has 1 aromatic carbocycles. The van der Waals surface area contributed by atoms with E-state index in [1.165, 1.54) is 14.1 Å². The predicted octanol–water partition coefficient (Wildman–Crippen LogP) is 3.13. The number of barbiturate groups is 1. The molecule has 6 nitrogen and oxygen atoms in total. The zero-order chi connectivity index (χ0) is 19.2. The number of amides is 4. The van der Waals surface area contributed by atoms with E-state index in [4.69, 9.17) is 0 Å². The second kappa shape index (κ2) is 6.71. The predicted molar refractivity (Wildman–Crippen MR) is 107 cm³/mol. The van der Waals surface area contributed by atoms with E-state index in [1.54, 1.807) is 6.08 Å². The molecule has 0 radical (unpaired) electrons. The van der Waals surface area contributed by atoms with Crippen LogP contribution in [0.25, 0.3) is 11.8 Å². The van der Waals surface area contributed by atoms with Gasteiger partial charge in [0.2, 0.25) is 0 Å². The van der Waals surface area contributed by atoms with Crippen LogP contribution in [-0.4, -0.2) is 46.3 Å². The minimum absolute atomic E-state index is 0.0162.